The lowest BCUT2D eigenvalue weighted by atomic mass is 10.0. The molecule has 3 rings (SSSR count). The van der Waals surface area contributed by atoms with Crippen LogP contribution in [0.3, 0.4) is 0 Å². The first-order valence-electron chi connectivity index (χ1n) is 7.21. The SMILES string of the molecule is CN(C)C1CCCN(c2ccnc3c(N)cccc23)C1. The predicted octanol–water partition coefficient (Wildman–Crippen LogP) is 2.35. The number of nitrogen functional groups attached to an aromatic ring is 1. The predicted molar refractivity (Wildman–Crippen MR) is 85.1 cm³/mol. The molecule has 4 heteroatoms. The fourth-order valence-corrected chi connectivity index (χ4v) is 3.06. The number of pyridine rings is 1. The van der Waals surface area contributed by atoms with Crippen molar-refractivity contribution in [3.63, 3.8) is 0 Å². The van der Waals surface area contributed by atoms with Crippen LogP contribution in [0.1, 0.15) is 12.8 Å². The largest absolute Gasteiger partial charge is 0.397 e. The van der Waals surface area contributed by atoms with E-state index in [1.807, 2.05) is 18.3 Å². The van der Waals surface area contributed by atoms with Gasteiger partial charge in [0.05, 0.1) is 11.2 Å². The van der Waals surface area contributed by atoms with Gasteiger partial charge in [-0.25, -0.2) is 0 Å². The topological polar surface area (TPSA) is 45.4 Å². The van der Waals surface area contributed by atoms with E-state index in [9.17, 15) is 0 Å². The van der Waals surface area contributed by atoms with E-state index in [0.29, 0.717) is 6.04 Å². The Labute approximate surface area is 120 Å². The summed E-state index contributed by atoms with van der Waals surface area (Å²) in [5, 5.41) is 1.16. The van der Waals surface area contributed by atoms with E-state index in [1.165, 1.54) is 18.5 Å². The molecule has 2 N–H and O–H groups in total. The Balaban J connectivity index is 2.00. The molecule has 1 aromatic carbocycles. The Morgan fingerprint density at radius 3 is 2.95 bits per heavy atom. The van der Waals surface area contributed by atoms with Gasteiger partial charge >= 0.3 is 0 Å². The maximum atomic E-state index is 6.04. The number of benzene rings is 1. The van der Waals surface area contributed by atoms with Crippen molar-refractivity contribution in [3.8, 4) is 0 Å². The van der Waals surface area contributed by atoms with Crippen LogP contribution in [0.5, 0.6) is 0 Å². The quantitative estimate of drug-likeness (QED) is 0.851. The monoisotopic (exact) mass is 270 g/mol. The third-order valence-corrected chi connectivity index (χ3v) is 4.25. The minimum absolute atomic E-state index is 0.619. The number of para-hydroxylation sites is 1. The maximum absolute atomic E-state index is 6.04. The van der Waals surface area contributed by atoms with Crippen LogP contribution in [0.15, 0.2) is 30.5 Å². The Hall–Kier alpha value is -1.81. The highest BCUT2D eigenvalue weighted by molar-refractivity contribution is 5.98. The molecule has 2 aromatic rings. The lowest BCUT2D eigenvalue weighted by Crippen LogP contribution is -2.45. The second-order valence-electron chi connectivity index (χ2n) is 5.78. The van der Waals surface area contributed by atoms with Crippen molar-refractivity contribution in [1.82, 2.24) is 9.88 Å². The van der Waals surface area contributed by atoms with Crippen molar-refractivity contribution >= 4 is 22.3 Å². The Morgan fingerprint density at radius 2 is 2.15 bits per heavy atom. The zero-order valence-corrected chi connectivity index (χ0v) is 12.2. The van der Waals surface area contributed by atoms with Crippen LogP contribution < -0.4 is 10.6 Å². The van der Waals surface area contributed by atoms with Crippen molar-refractivity contribution in [3.05, 3.63) is 30.5 Å². The molecule has 0 bridgehead atoms. The van der Waals surface area contributed by atoms with Crippen molar-refractivity contribution in [2.24, 2.45) is 0 Å². The fourth-order valence-electron chi connectivity index (χ4n) is 3.06. The minimum atomic E-state index is 0.619. The van der Waals surface area contributed by atoms with Crippen LogP contribution >= 0.6 is 0 Å². The molecule has 0 radical (unpaired) electrons. The van der Waals surface area contributed by atoms with E-state index < -0.39 is 0 Å². The van der Waals surface area contributed by atoms with Crippen LogP contribution in [-0.2, 0) is 0 Å². The molecule has 20 heavy (non-hydrogen) atoms. The summed E-state index contributed by atoms with van der Waals surface area (Å²) in [6, 6.07) is 8.77. The molecular formula is C16H22N4. The summed E-state index contributed by atoms with van der Waals surface area (Å²) in [6.07, 6.45) is 4.37. The van der Waals surface area contributed by atoms with Crippen LogP contribution in [-0.4, -0.2) is 43.1 Å². The molecule has 1 fully saturated rings. The van der Waals surface area contributed by atoms with Gasteiger partial charge in [-0.2, -0.15) is 0 Å². The Bertz CT molecular complexity index is 608. The molecule has 1 aliphatic heterocycles. The first kappa shape index (κ1) is 13.2. The van der Waals surface area contributed by atoms with Gasteiger partial charge in [-0.1, -0.05) is 12.1 Å². The van der Waals surface area contributed by atoms with E-state index in [0.717, 1.165) is 29.7 Å². The molecule has 2 heterocycles. The average molecular weight is 270 g/mol. The van der Waals surface area contributed by atoms with Crippen molar-refractivity contribution in [2.45, 2.75) is 18.9 Å². The first-order chi connectivity index (χ1) is 9.66. The van der Waals surface area contributed by atoms with Crippen molar-refractivity contribution in [1.29, 1.82) is 0 Å². The van der Waals surface area contributed by atoms with Crippen LogP contribution in [0, 0.1) is 0 Å². The third-order valence-electron chi connectivity index (χ3n) is 4.25. The van der Waals surface area contributed by atoms with Crippen molar-refractivity contribution < 1.29 is 0 Å². The third kappa shape index (κ3) is 2.31. The van der Waals surface area contributed by atoms with Gasteiger partial charge in [0.15, 0.2) is 0 Å². The summed E-state index contributed by atoms with van der Waals surface area (Å²) < 4.78 is 0. The highest BCUT2D eigenvalue weighted by atomic mass is 15.2. The summed E-state index contributed by atoms with van der Waals surface area (Å²) in [7, 11) is 4.33. The van der Waals surface area contributed by atoms with Gasteiger partial charge in [-0.3, -0.25) is 4.98 Å². The molecule has 0 spiro atoms. The number of hydrogen-bond donors (Lipinski definition) is 1. The fraction of sp³-hybridized carbons (Fsp3) is 0.438. The smallest absolute Gasteiger partial charge is 0.0951 e. The van der Waals surface area contributed by atoms with Crippen LogP contribution in [0.4, 0.5) is 11.4 Å². The first-order valence-corrected chi connectivity index (χ1v) is 7.21. The molecule has 1 atom stereocenters. The lowest BCUT2D eigenvalue weighted by Gasteiger charge is -2.38. The van der Waals surface area contributed by atoms with Crippen LogP contribution in [0.2, 0.25) is 0 Å². The second-order valence-corrected chi connectivity index (χ2v) is 5.78. The van der Waals surface area contributed by atoms with E-state index in [1.54, 1.807) is 0 Å². The molecule has 0 aliphatic carbocycles. The molecule has 0 amide bonds. The van der Waals surface area contributed by atoms with Gasteiger partial charge in [-0.05, 0) is 39.1 Å². The molecular weight excluding hydrogens is 248 g/mol. The standard InChI is InChI=1S/C16H22N4/c1-19(2)12-5-4-10-20(11-12)15-8-9-18-16-13(15)6-3-7-14(16)17/h3,6-9,12H,4-5,10-11,17H2,1-2H3. The number of likely N-dealkylation sites (N-methyl/N-ethyl adjacent to an activating group) is 1. The number of hydrogen-bond acceptors (Lipinski definition) is 4. The van der Waals surface area contributed by atoms with Gasteiger partial charge in [-0.15, -0.1) is 0 Å². The highest BCUT2D eigenvalue weighted by Crippen LogP contribution is 2.30. The molecule has 1 aromatic heterocycles. The van der Waals surface area contributed by atoms with Crippen LogP contribution in [0.25, 0.3) is 10.9 Å². The molecule has 1 aliphatic rings. The summed E-state index contributed by atoms with van der Waals surface area (Å²) in [4.78, 5) is 9.22. The number of fused-ring (bicyclic) bond motifs is 1. The Kier molecular flexibility index (Phi) is 3.49. The zero-order chi connectivity index (χ0) is 14.1. The summed E-state index contributed by atoms with van der Waals surface area (Å²) in [5.41, 5.74) is 8.97. The van der Waals surface area contributed by atoms with Gasteiger partial charge < -0.3 is 15.5 Å². The molecule has 106 valence electrons. The molecule has 1 saturated heterocycles. The number of nitrogens with two attached hydrogens (primary N) is 1. The normalized spacial score (nSPS) is 19.8. The number of aromatic nitrogens is 1. The average Bonchev–Trinajstić information content (AvgIpc) is 2.47. The van der Waals surface area contributed by atoms with Gasteiger partial charge in [0, 0.05) is 36.4 Å². The van der Waals surface area contributed by atoms with E-state index in [4.69, 9.17) is 5.73 Å². The van der Waals surface area contributed by atoms with E-state index >= 15 is 0 Å². The zero-order valence-electron chi connectivity index (χ0n) is 12.2. The van der Waals surface area contributed by atoms with Gasteiger partial charge in [0.1, 0.15) is 0 Å². The number of anilines is 2. The number of piperidine rings is 1. The van der Waals surface area contributed by atoms with Crippen molar-refractivity contribution in [2.75, 3.05) is 37.8 Å². The van der Waals surface area contributed by atoms with Gasteiger partial charge in [0.2, 0.25) is 0 Å². The number of rotatable bonds is 2. The van der Waals surface area contributed by atoms with E-state index in [2.05, 4.69) is 41.0 Å². The summed E-state index contributed by atoms with van der Waals surface area (Å²) >= 11 is 0. The van der Waals surface area contributed by atoms with E-state index in [-0.39, 0.29) is 0 Å². The lowest BCUT2D eigenvalue weighted by molar-refractivity contribution is 0.258. The maximum Gasteiger partial charge on any atom is 0.0951 e. The second kappa shape index (κ2) is 5.29. The summed E-state index contributed by atoms with van der Waals surface area (Å²) in [6.45, 7) is 2.18. The summed E-state index contributed by atoms with van der Waals surface area (Å²) in [5.74, 6) is 0. The number of nitrogens with zero attached hydrogens (tertiary/aromatic N) is 3. The Morgan fingerprint density at radius 1 is 1.30 bits per heavy atom. The highest BCUT2D eigenvalue weighted by Gasteiger charge is 2.22. The molecule has 0 saturated carbocycles. The van der Waals surface area contributed by atoms with Gasteiger partial charge in [0.25, 0.3) is 0 Å². The molecule has 4 nitrogen and oxygen atoms in total. The molecule has 1 unspecified atom stereocenters. The minimum Gasteiger partial charge on any atom is -0.397 e.